The molecule has 0 saturated heterocycles. The lowest BCUT2D eigenvalue weighted by atomic mass is 10.0. The van der Waals surface area contributed by atoms with Crippen molar-refractivity contribution < 1.29 is 4.42 Å². The van der Waals surface area contributed by atoms with Crippen LogP contribution >= 0.6 is 11.3 Å². The van der Waals surface area contributed by atoms with E-state index in [1.54, 1.807) is 0 Å². The van der Waals surface area contributed by atoms with Gasteiger partial charge in [-0.05, 0) is 52.7 Å². The molecule has 0 amide bonds. The van der Waals surface area contributed by atoms with Gasteiger partial charge in [-0.3, -0.25) is 0 Å². The lowest BCUT2D eigenvalue weighted by Crippen LogP contribution is -2.10. The van der Waals surface area contributed by atoms with Crippen LogP contribution in [0, 0.1) is 0 Å². The molecule has 2 aromatic heterocycles. The predicted molar refractivity (Wildman–Crippen MR) is 202 cm³/mol. The van der Waals surface area contributed by atoms with Gasteiger partial charge >= 0.3 is 0 Å². The first-order chi connectivity index (χ1) is 23.3. The Morgan fingerprint density at radius 3 is 1.87 bits per heavy atom. The van der Waals surface area contributed by atoms with Crippen LogP contribution in [0.1, 0.15) is 0 Å². The summed E-state index contributed by atoms with van der Waals surface area (Å²) in [4.78, 5) is 2.39. The molecule has 10 rings (SSSR count). The van der Waals surface area contributed by atoms with Crippen molar-refractivity contribution >= 4 is 92.1 Å². The third-order valence-corrected chi connectivity index (χ3v) is 10.6. The standard InChI is InChI=1S/C44H27NOS/c1-3-13-28(14-4-1)32-21-11-22-34-35-23-12-24-39(43(35)46-42(32)34)45(31-17-5-2-6-18-31)40-27-38-37-25-29-15-7-8-16-30(29)26-41(37)47-44(38)36-20-10-9-19-33(36)40/h1-27H. The lowest BCUT2D eigenvalue weighted by Gasteiger charge is -2.27. The number of hydrogen-bond donors (Lipinski definition) is 0. The number of thiophene rings is 1. The van der Waals surface area contributed by atoms with E-state index in [0.717, 1.165) is 50.1 Å². The van der Waals surface area contributed by atoms with Crippen LogP contribution in [0.3, 0.4) is 0 Å². The molecule has 10 aromatic rings. The highest BCUT2D eigenvalue weighted by Crippen LogP contribution is 2.49. The van der Waals surface area contributed by atoms with Crippen LogP contribution in [0.4, 0.5) is 17.1 Å². The minimum absolute atomic E-state index is 0.875. The Labute approximate surface area is 275 Å². The number of rotatable bonds is 4. The minimum Gasteiger partial charge on any atom is -0.453 e. The summed E-state index contributed by atoms with van der Waals surface area (Å²) >= 11 is 1.89. The maximum absolute atomic E-state index is 6.96. The van der Waals surface area contributed by atoms with E-state index in [4.69, 9.17) is 4.42 Å². The molecule has 3 heteroatoms. The van der Waals surface area contributed by atoms with E-state index in [1.807, 2.05) is 11.3 Å². The largest absolute Gasteiger partial charge is 0.453 e. The van der Waals surface area contributed by atoms with Gasteiger partial charge in [0.15, 0.2) is 5.58 Å². The molecule has 0 bridgehead atoms. The van der Waals surface area contributed by atoms with Crippen molar-refractivity contribution in [1.82, 2.24) is 0 Å². The normalized spacial score (nSPS) is 11.8. The highest BCUT2D eigenvalue weighted by molar-refractivity contribution is 7.26. The van der Waals surface area contributed by atoms with Crippen molar-refractivity contribution in [2.45, 2.75) is 0 Å². The van der Waals surface area contributed by atoms with Gasteiger partial charge in [-0.25, -0.2) is 0 Å². The molecule has 0 aliphatic heterocycles. The average Bonchev–Trinajstić information content (AvgIpc) is 3.70. The zero-order chi connectivity index (χ0) is 30.9. The first-order valence-electron chi connectivity index (χ1n) is 15.9. The lowest BCUT2D eigenvalue weighted by molar-refractivity contribution is 0.670. The number of nitrogens with zero attached hydrogens (tertiary/aromatic N) is 1. The van der Waals surface area contributed by atoms with Crippen LogP contribution in [0.2, 0.25) is 0 Å². The number of hydrogen-bond acceptors (Lipinski definition) is 3. The Hall–Kier alpha value is -5.90. The van der Waals surface area contributed by atoms with E-state index in [1.165, 1.54) is 41.7 Å². The van der Waals surface area contributed by atoms with Crippen molar-refractivity contribution in [2.24, 2.45) is 0 Å². The molecule has 2 heterocycles. The molecule has 0 fully saturated rings. The van der Waals surface area contributed by atoms with E-state index >= 15 is 0 Å². The van der Waals surface area contributed by atoms with Crippen LogP contribution in [0.5, 0.6) is 0 Å². The van der Waals surface area contributed by atoms with Crippen LogP contribution in [-0.4, -0.2) is 0 Å². The van der Waals surface area contributed by atoms with Crippen molar-refractivity contribution in [3.63, 3.8) is 0 Å². The third kappa shape index (κ3) is 4.04. The zero-order valence-corrected chi connectivity index (χ0v) is 26.2. The number of para-hydroxylation sites is 3. The summed E-state index contributed by atoms with van der Waals surface area (Å²) in [5.41, 5.74) is 7.25. The molecule has 0 aliphatic rings. The second kappa shape index (κ2) is 10.3. The van der Waals surface area contributed by atoms with Crippen LogP contribution < -0.4 is 4.90 Å². The van der Waals surface area contributed by atoms with Gasteiger partial charge in [-0.2, -0.15) is 0 Å². The van der Waals surface area contributed by atoms with Gasteiger partial charge < -0.3 is 9.32 Å². The molecule has 0 saturated carbocycles. The first-order valence-corrected chi connectivity index (χ1v) is 16.7. The second-order valence-corrected chi connectivity index (χ2v) is 13.1. The Bertz CT molecular complexity index is 2790. The highest BCUT2D eigenvalue weighted by Gasteiger charge is 2.23. The second-order valence-electron chi connectivity index (χ2n) is 12.1. The molecular weight excluding hydrogens is 591 g/mol. The Balaban J connectivity index is 1.30. The van der Waals surface area contributed by atoms with Crippen molar-refractivity contribution in [3.8, 4) is 11.1 Å². The van der Waals surface area contributed by atoms with Crippen LogP contribution in [-0.2, 0) is 0 Å². The van der Waals surface area contributed by atoms with Gasteiger partial charge in [-0.1, -0.05) is 127 Å². The van der Waals surface area contributed by atoms with Gasteiger partial charge in [0.25, 0.3) is 0 Å². The SMILES string of the molecule is c1ccc(-c2cccc3c2oc2c(N(c4ccccc4)c4cc5c6cc7ccccc7cc6sc5c5ccccc45)cccc23)cc1. The molecule has 0 radical (unpaired) electrons. The third-order valence-electron chi connectivity index (χ3n) is 9.41. The Kier molecular flexibility index (Phi) is 5.78. The quantitative estimate of drug-likeness (QED) is 0.195. The summed E-state index contributed by atoms with van der Waals surface area (Å²) in [6.45, 7) is 0. The Morgan fingerprint density at radius 2 is 1.06 bits per heavy atom. The molecular formula is C44H27NOS. The van der Waals surface area contributed by atoms with Gasteiger partial charge in [0.1, 0.15) is 5.58 Å². The molecule has 0 spiro atoms. The summed E-state index contributed by atoms with van der Waals surface area (Å²) in [5, 5.41) is 9.78. The van der Waals surface area contributed by atoms with E-state index in [2.05, 4.69) is 169 Å². The van der Waals surface area contributed by atoms with Crippen LogP contribution in [0.25, 0.3) is 74.8 Å². The topological polar surface area (TPSA) is 16.4 Å². The zero-order valence-electron chi connectivity index (χ0n) is 25.4. The molecule has 8 aromatic carbocycles. The molecule has 47 heavy (non-hydrogen) atoms. The molecule has 220 valence electrons. The maximum Gasteiger partial charge on any atom is 0.159 e. The van der Waals surface area contributed by atoms with Crippen molar-refractivity contribution in [1.29, 1.82) is 0 Å². The van der Waals surface area contributed by atoms with E-state index in [-0.39, 0.29) is 0 Å². The van der Waals surface area contributed by atoms with Gasteiger partial charge in [0.2, 0.25) is 0 Å². The minimum atomic E-state index is 0.875. The first kappa shape index (κ1) is 26.3. The summed E-state index contributed by atoms with van der Waals surface area (Å²) < 4.78 is 9.58. The summed E-state index contributed by atoms with van der Waals surface area (Å²) in [5.74, 6) is 0. The fourth-order valence-corrected chi connectivity index (χ4v) is 8.51. The number of anilines is 3. The molecule has 0 N–H and O–H groups in total. The smallest absolute Gasteiger partial charge is 0.159 e. The van der Waals surface area contributed by atoms with Gasteiger partial charge in [0, 0.05) is 53.0 Å². The van der Waals surface area contributed by atoms with Crippen molar-refractivity contribution in [3.05, 3.63) is 164 Å². The molecule has 0 unspecified atom stereocenters. The number of fused-ring (bicyclic) bond motifs is 9. The Morgan fingerprint density at radius 1 is 0.426 bits per heavy atom. The number of furan rings is 1. The highest BCUT2D eigenvalue weighted by atomic mass is 32.1. The predicted octanol–water partition coefficient (Wildman–Crippen LogP) is 13.4. The van der Waals surface area contributed by atoms with Gasteiger partial charge in [0.05, 0.1) is 11.4 Å². The average molecular weight is 618 g/mol. The molecule has 0 aliphatic carbocycles. The molecule has 2 nitrogen and oxygen atoms in total. The fourth-order valence-electron chi connectivity index (χ4n) is 7.26. The van der Waals surface area contributed by atoms with E-state index < -0.39 is 0 Å². The van der Waals surface area contributed by atoms with E-state index in [0.29, 0.717) is 0 Å². The fraction of sp³-hybridized carbons (Fsp3) is 0. The summed E-state index contributed by atoms with van der Waals surface area (Å²) in [6, 6.07) is 58.8. The van der Waals surface area contributed by atoms with Gasteiger partial charge in [-0.15, -0.1) is 11.3 Å². The maximum atomic E-state index is 6.96. The number of benzene rings is 8. The summed E-state index contributed by atoms with van der Waals surface area (Å²) in [6.07, 6.45) is 0. The van der Waals surface area contributed by atoms with Crippen molar-refractivity contribution in [2.75, 3.05) is 4.90 Å². The van der Waals surface area contributed by atoms with Crippen LogP contribution in [0.15, 0.2) is 168 Å². The monoisotopic (exact) mass is 617 g/mol. The molecule has 0 atom stereocenters. The van der Waals surface area contributed by atoms with E-state index in [9.17, 15) is 0 Å². The summed E-state index contributed by atoms with van der Waals surface area (Å²) in [7, 11) is 0.